The van der Waals surface area contributed by atoms with Crippen LogP contribution in [0.3, 0.4) is 0 Å². The molecule has 2 aromatic carbocycles. The second kappa shape index (κ2) is 8.33. The number of urea groups is 1. The standard InChI is InChI=1S/C20H22F3N5O2/c1-12-7-5-10-18(28-19(29)27(4)25-26-28)16(12)11-30-24-14(3)15-8-6-9-17(13(15)2)20(21,22)23/h5-10,25-26H,11H2,1-4H3/b24-14-. The average Bonchev–Trinajstić information content (AvgIpc) is 3.01. The number of oxime groups is 1. The number of amides is 2. The van der Waals surface area contributed by atoms with Gasteiger partial charge in [-0.2, -0.15) is 13.2 Å². The molecular formula is C20H22F3N5O2. The van der Waals surface area contributed by atoms with Gasteiger partial charge in [0.05, 0.1) is 17.0 Å². The van der Waals surface area contributed by atoms with Crippen molar-refractivity contribution in [2.24, 2.45) is 5.16 Å². The van der Waals surface area contributed by atoms with Crippen LogP contribution in [0, 0.1) is 13.8 Å². The molecule has 2 N–H and O–H groups in total. The molecule has 3 rings (SSSR count). The van der Waals surface area contributed by atoms with E-state index < -0.39 is 11.7 Å². The molecule has 0 radical (unpaired) electrons. The van der Waals surface area contributed by atoms with Gasteiger partial charge >= 0.3 is 12.2 Å². The van der Waals surface area contributed by atoms with E-state index in [1.807, 2.05) is 19.1 Å². The lowest BCUT2D eigenvalue weighted by Crippen LogP contribution is -2.38. The molecule has 1 aliphatic rings. The Kier molecular flexibility index (Phi) is 5.99. The van der Waals surface area contributed by atoms with E-state index in [1.54, 1.807) is 26.1 Å². The topological polar surface area (TPSA) is 69.2 Å². The zero-order valence-electron chi connectivity index (χ0n) is 17.0. The summed E-state index contributed by atoms with van der Waals surface area (Å²) in [7, 11) is 1.58. The first-order valence-electron chi connectivity index (χ1n) is 9.12. The van der Waals surface area contributed by atoms with E-state index in [0.29, 0.717) is 22.5 Å². The molecule has 0 spiro atoms. The molecule has 0 bridgehead atoms. The van der Waals surface area contributed by atoms with E-state index in [2.05, 4.69) is 16.2 Å². The van der Waals surface area contributed by atoms with Crippen molar-refractivity contribution in [3.05, 3.63) is 64.2 Å². The fourth-order valence-corrected chi connectivity index (χ4v) is 3.20. The summed E-state index contributed by atoms with van der Waals surface area (Å²) < 4.78 is 39.4. The summed E-state index contributed by atoms with van der Waals surface area (Å²) in [6.45, 7) is 4.90. The number of hydrazine groups is 3. The van der Waals surface area contributed by atoms with Crippen LogP contribution in [0.1, 0.15) is 34.7 Å². The smallest absolute Gasteiger partial charge is 0.391 e. The minimum Gasteiger partial charge on any atom is -0.391 e. The van der Waals surface area contributed by atoms with Crippen LogP contribution in [0.4, 0.5) is 23.7 Å². The molecule has 7 nitrogen and oxygen atoms in total. The highest BCUT2D eigenvalue weighted by Crippen LogP contribution is 2.33. The first-order chi connectivity index (χ1) is 14.1. The molecule has 160 valence electrons. The molecule has 0 atom stereocenters. The Bertz CT molecular complexity index is 991. The molecule has 1 aliphatic heterocycles. The largest absolute Gasteiger partial charge is 0.416 e. The number of hydrogen-bond acceptors (Lipinski definition) is 5. The summed E-state index contributed by atoms with van der Waals surface area (Å²) in [6, 6.07) is 9.08. The molecule has 2 amide bonds. The van der Waals surface area contributed by atoms with Gasteiger partial charge in [0.15, 0.2) is 0 Å². The molecule has 0 aromatic heterocycles. The van der Waals surface area contributed by atoms with Crippen LogP contribution in [0.15, 0.2) is 41.6 Å². The molecule has 0 saturated carbocycles. The molecular weight excluding hydrogens is 399 g/mol. The van der Waals surface area contributed by atoms with Crippen molar-refractivity contribution >= 4 is 17.4 Å². The molecule has 2 aromatic rings. The van der Waals surface area contributed by atoms with Gasteiger partial charge in [-0.3, -0.25) is 0 Å². The molecule has 1 fully saturated rings. The first kappa shape index (κ1) is 21.6. The highest BCUT2D eigenvalue weighted by molar-refractivity contribution is 6.00. The fourth-order valence-electron chi connectivity index (χ4n) is 3.20. The number of halogens is 3. The van der Waals surface area contributed by atoms with Gasteiger partial charge < -0.3 is 4.84 Å². The molecule has 30 heavy (non-hydrogen) atoms. The predicted molar refractivity (Wildman–Crippen MR) is 106 cm³/mol. The Morgan fingerprint density at radius 2 is 1.83 bits per heavy atom. The van der Waals surface area contributed by atoms with Gasteiger partial charge in [-0.15, -0.1) is 11.1 Å². The Morgan fingerprint density at radius 3 is 2.47 bits per heavy atom. The Morgan fingerprint density at radius 1 is 1.13 bits per heavy atom. The third kappa shape index (κ3) is 4.24. The number of carbonyl (C=O) groups is 1. The Hall–Kier alpha value is -3.11. The van der Waals surface area contributed by atoms with Gasteiger partial charge in [-0.25, -0.2) is 14.8 Å². The second-order valence-corrected chi connectivity index (χ2v) is 6.90. The summed E-state index contributed by atoms with van der Waals surface area (Å²) in [5, 5.41) is 6.63. The van der Waals surface area contributed by atoms with Crippen molar-refractivity contribution in [1.82, 2.24) is 16.1 Å². The third-order valence-corrected chi connectivity index (χ3v) is 4.87. The third-order valence-electron chi connectivity index (χ3n) is 4.87. The number of carbonyl (C=O) groups excluding carboxylic acids is 1. The van der Waals surface area contributed by atoms with E-state index in [9.17, 15) is 18.0 Å². The van der Waals surface area contributed by atoms with Gasteiger partial charge in [0.25, 0.3) is 0 Å². The van der Waals surface area contributed by atoms with Gasteiger partial charge in [0, 0.05) is 18.2 Å². The molecule has 1 heterocycles. The maximum atomic E-state index is 13.1. The Labute approximate surface area is 172 Å². The monoisotopic (exact) mass is 421 g/mol. The molecule has 1 saturated heterocycles. The normalized spacial score (nSPS) is 15.2. The van der Waals surface area contributed by atoms with Crippen molar-refractivity contribution in [3.8, 4) is 0 Å². The molecule has 10 heteroatoms. The highest BCUT2D eigenvalue weighted by Gasteiger charge is 2.33. The number of anilines is 1. The van der Waals surface area contributed by atoms with Crippen molar-refractivity contribution in [2.45, 2.75) is 33.6 Å². The number of rotatable bonds is 5. The molecule has 0 unspecified atom stereocenters. The van der Waals surface area contributed by atoms with Crippen LogP contribution >= 0.6 is 0 Å². The van der Waals surface area contributed by atoms with Gasteiger partial charge in [-0.05, 0) is 44.0 Å². The zero-order chi connectivity index (χ0) is 22.1. The summed E-state index contributed by atoms with van der Waals surface area (Å²) in [5.41, 5.74) is 7.68. The lowest BCUT2D eigenvalue weighted by atomic mass is 9.99. The number of alkyl halides is 3. The number of nitrogens with one attached hydrogen (secondary N) is 2. The lowest BCUT2D eigenvalue weighted by Gasteiger charge is -2.19. The van der Waals surface area contributed by atoms with E-state index in [4.69, 9.17) is 4.84 Å². The quantitative estimate of drug-likeness (QED) is 0.564. The average molecular weight is 421 g/mol. The van der Waals surface area contributed by atoms with Crippen molar-refractivity contribution in [3.63, 3.8) is 0 Å². The molecule has 0 aliphatic carbocycles. The predicted octanol–water partition coefficient (Wildman–Crippen LogP) is 4.06. The number of aryl methyl sites for hydroxylation is 1. The minimum absolute atomic E-state index is 0.0343. The summed E-state index contributed by atoms with van der Waals surface area (Å²) in [6.07, 6.45) is -4.44. The van der Waals surface area contributed by atoms with Crippen molar-refractivity contribution in [1.29, 1.82) is 0 Å². The van der Waals surface area contributed by atoms with Crippen LogP contribution < -0.4 is 16.1 Å². The minimum atomic E-state index is -4.44. The van der Waals surface area contributed by atoms with Gasteiger partial charge in [-0.1, -0.05) is 29.4 Å². The first-order valence-corrected chi connectivity index (χ1v) is 9.12. The fraction of sp³-hybridized carbons (Fsp3) is 0.300. The maximum Gasteiger partial charge on any atom is 0.416 e. The van der Waals surface area contributed by atoms with E-state index in [1.165, 1.54) is 23.0 Å². The lowest BCUT2D eigenvalue weighted by molar-refractivity contribution is -0.138. The Balaban J connectivity index is 1.82. The van der Waals surface area contributed by atoms with Crippen molar-refractivity contribution < 1.29 is 22.8 Å². The van der Waals surface area contributed by atoms with Gasteiger partial charge in [0.1, 0.15) is 6.61 Å². The highest BCUT2D eigenvalue weighted by atomic mass is 19.4. The SMILES string of the molecule is C/C(=N/OCc1c(C)cccc1N1NNN(C)C1=O)c1cccc(C(F)(F)F)c1C. The second-order valence-electron chi connectivity index (χ2n) is 6.90. The van der Waals surface area contributed by atoms with E-state index in [0.717, 1.165) is 11.6 Å². The van der Waals surface area contributed by atoms with E-state index in [-0.39, 0.29) is 18.2 Å². The van der Waals surface area contributed by atoms with E-state index >= 15 is 0 Å². The number of nitrogens with zero attached hydrogens (tertiary/aromatic N) is 3. The maximum absolute atomic E-state index is 13.1. The summed E-state index contributed by atoms with van der Waals surface area (Å²) >= 11 is 0. The van der Waals surface area contributed by atoms with Crippen LogP contribution in [-0.4, -0.2) is 23.8 Å². The number of hydrogen-bond donors (Lipinski definition) is 2. The van der Waals surface area contributed by atoms with Crippen LogP contribution in [0.2, 0.25) is 0 Å². The summed E-state index contributed by atoms with van der Waals surface area (Å²) in [5.74, 6) is 0. The van der Waals surface area contributed by atoms with Crippen molar-refractivity contribution in [2.75, 3.05) is 12.1 Å². The zero-order valence-corrected chi connectivity index (χ0v) is 17.0. The number of benzene rings is 2. The van der Waals surface area contributed by atoms with Crippen LogP contribution in [0.25, 0.3) is 0 Å². The van der Waals surface area contributed by atoms with Gasteiger partial charge in [0.2, 0.25) is 0 Å². The van der Waals surface area contributed by atoms with Crippen LogP contribution in [-0.2, 0) is 17.6 Å². The summed E-state index contributed by atoms with van der Waals surface area (Å²) in [4.78, 5) is 17.7. The van der Waals surface area contributed by atoms with Crippen LogP contribution in [0.5, 0.6) is 0 Å².